The lowest BCUT2D eigenvalue weighted by molar-refractivity contribution is -0.359. The van der Waals surface area contributed by atoms with Gasteiger partial charge in [0.05, 0.1) is 0 Å². The van der Waals surface area contributed by atoms with Gasteiger partial charge < -0.3 is 9.47 Å². The molecular weight excluding hydrogens is 187 g/mol. The second-order valence-corrected chi connectivity index (χ2v) is 2.35. The number of halogens is 5. The van der Waals surface area contributed by atoms with Crippen LogP contribution in [0.25, 0.3) is 0 Å². The number of hydrogen-bond acceptors (Lipinski definition) is 2. The summed E-state index contributed by atoms with van der Waals surface area (Å²) in [7, 11) is 0. The van der Waals surface area contributed by atoms with Gasteiger partial charge in [0.15, 0.2) is 0 Å². The third-order valence-corrected chi connectivity index (χ3v) is 1.16. The molecule has 0 N–H and O–H groups in total. The summed E-state index contributed by atoms with van der Waals surface area (Å²) in [4.78, 5) is 0. The second kappa shape index (κ2) is 2.81. The molecule has 0 unspecified atom stereocenters. The highest BCUT2D eigenvalue weighted by Crippen LogP contribution is 2.30. The summed E-state index contributed by atoms with van der Waals surface area (Å²) in [5.74, 6) is -3.32. The second-order valence-electron chi connectivity index (χ2n) is 2.35. The lowest BCUT2D eigenvalue weighted by Gasteiger charge is -2.29. The van der Waals surface area contributed by atoms with Crippen molar-refractivity contribution in [2.24, 2.45) is 0 Å². The Hall–Kier alpha value is -0.430. The molecule has 0 aromatic carbocycles. The van der Waals surface area contributed by atoms with Crippen molar-refractivity contribution in [1.82, 2.24) is 0 Å². The van der Waals surface area contributed by atoms with Crippen LogP contribution in [0.15, 0.2) is 0 Å². The minimum Gasteiger partial charge on any atom is -0.339 e. The first-order chi connectivity index (χ1) is 5.31. The summed E-state index contributed by atoms with van der Waals surface area (Å²) < 4.78 is 66.9. The average molecular weight is 192 g/mol. The van der Waals surface area contributed by atoms with E-state index in [4.69, 9.17) is 0 Å². The van der Waals surface area contributed by atoms with Gasteiger partial charge in [0.25, 0.3) is 12.2 Å². The Morgan fingerprint density at radius 2 is 1.50 bits per heavy atom. The lowest BCUT2D eigenvalue weighted by Crippen LogP contribution is -2.47. The molecule has 2 nitrogen and oxygen atoms in total. The summed E-state index contributed by atoms with van der Waals surface area (Å²) in [6.07, 6.45) is -7.26. The molecule has 1 aliphatic rings. The third-order valence-electron chi connectivity index (χ3n) is 1.16. The zero-order chi connectivity index (χ0) is 9.41. The van der Waals surface area contributed by atoms with Crippen LogP contribution in [0.5, 0.6) is 0 Å². The van der Waals surface area contributed by atoms with Crippen molar-refractivity contribution in [2.75, 3.05) is 13.2 Å². The zero-order valence-electron chi connectivity index (χ0n) is 5.70. The average Bonchev–Trinajstić information content (AvgIpc) is 1.83. The van der Waals surface area contributed by atoms with Gasteiger partial charge in [-0.15, -0.1) is 0 Å². The summed E-state index contributed by atoms with van der Waals surface area (Å²) in [5.41, 5.74) is 0. The molecule has 0 aromatic rings. The van der Waals surface area contributed by atoms with Crippen LogP contribution < -0.4 is 0 Å². The van der Waals surface area contributed by atoms with Gasteiger partial charge in [-0.05, 0) is 0 Å². The maximum absolute atomic E-state index is 12.1. The van der Waals surface area contributed by atoms with E-state index in [1.165, 1.54) is 0 Å². The molecular formula is C5H5F5O2. The van der Waals surface area contributed by atoms with Gasteiger partial charge in [0.1, 0.15) is 13.2 Å². The quantitative estimate of drug-likeness (QED) is 0.542. The van der Waals surface area contributed by atoms with Crippen molar-refractivity contribution in [1.29, 1.82) is 0 Å². The fourth-order valence-electron chi connectivity index (χ4n) is 0.674. The molecule has 0 atom stereocenters. The molecule has 1 rings (SSSR count). The number of alkyl halides is 5. The van der Waals surface area contributed by atoms with Crippen LogP contribution >= 0.6 is 0 Å². The predicted molar refractivity (Wildman–Crippen MR) is 26.7 cm³/mol. The maximum Gasteiger partial charge on any atom is 0.440 e. The van der Waals surface area contributed by atoms with Gasteiger partial charge in [0, 0.05) is 0 Å². The molecule has 1 fully saturated rings. The van der Waals surface area contributed by atoms with E-state index in [0.29, 0.717) is 0 Å². The van der Waals surface area contributed by atoms with Crippen LogP contribution in [0.3, 0.4) is 0 Å². The zero-order valence-corrected chi connectivity index (χ0v) is 5.70. The molecule has 7 heteroatoms. The van der Waals surface area contributed by atoms with E-state index in [1.807, 2.05) is 0 Å². The standard InChI is InChI=1S/C5H5F5O2/c6-4(7)1-11-3(12-2-4)5(8,9)10/h3H,1-2H2. The lowest BCUT2D eigenvalue weighted by atomic mass is 10.3. The molecule has 0 bridgehead atoms. The minimum atomic E-state index is -4.74. The molecule has 0 aromatic heterocycles. The van der Waals surface area contributed by atoms with Crippen LogP contribution in [-0.2, 0) is 9.47 Å². The van der Waals surface area contributed by atoms with E-state index < -0.39 is 31.6 Å². The summed E-state index contributed by atoms with van der Waals surface area (Å²) in [6.45, 7) is -2.51. The van der Waals surface area contributed by atoms with E-state index in [1.54, 1.807) is 0 Å². The van der Waals surface area contributed by atoms with E-state index in [9.17, 15) is 22.0 Å². The number of rotatable bonds is 0. The fraction of sp³-hybridized carbons (Fsp3) is 1.00. The smallest absolute Gasteiger partial charge is 0.339 e. The SMILES string of the molecule is FC1(F)COC(C(F)(F)F)OC1. The van der Waals surface area contributed by atoms with Crippen molar-refractivity contribution in [3.05, 3.63) is 0 Å². The molecule has 1 aliphatic heterocycles. The van der Waals surface area contributed by atoms with E-state index >= 15 is 0 Å². The van der Waals surface area contributed by atoms with Crippen LogP contribution in [0.2, 0.25) is 0 Å². The van der Waals surface area contributed by atoms with Gasteiger partial charge in [-0.1, -0.05) is 0 Å². The molecule has 1 heterocycles. The van der Waals surface area contributed by atoms with Crippen LogP contribution in [0.4, 0.5) is 22.0 Å². The van der Waals surface area contributed by atoms with Gasteiger partial charge in [-0.25, -0.2) is 8.78 Å². The molecule has 0 amide bonds. The first kappa shape index (κ1) is 9.66. The number of hydrogen-bond donors (Lipinski definition) is 0. The van der Waals surface area contributed by atoms with Crippen molar-refractivity contribution in [3.63, 3.8) is 0 Å². The first-order valence-corrected chi connectivity index (χ1v) is 2.99. The third kappa shape index (κ3) is 2.28. The Bertz CT molecular complexity index is 156. The Morgan fingerprint density at radius 1 is 1.08 bits per heavy atom. The minimum absolute atomic E-state index is 1.25. The van der Waals surface area contributed by atoms with Gasteiger partial charge in [-0.3, -0.25) is 0 Å². The highest BCUT2D eigenvalue weighted by Gasteiger charge is 2.49. The van der Waals surface area contributed by atoms with E-state index in [2.05, 4.69) is 9.47 Å². The largest absolute Gasteiger partial charge is 0.440 e. The Balaban J connectivity index is 2.47. The molecule has 0 radical (unpaired) electrons. The van der Waals surface area contributed by atoms with Gasteiger partial charge in [0.2, 0.25) is 0 Å². The van der Waals surface area contributed by atoms with Gasteiger partial charge in [-0.2, -0.15) is 13.2 Å². The summed E-state index contributed by atoms with van der Waals surface area (Å²) in [6, 6.07) is 0. The maximum atomic E-state index is 12.1. The van der Waals surface area contributed by atoms with Crippen molar-refractivity contribution >= 4 is 0 Å². The monoisotopic (exact) mass is 192 g/mol. The van der Waals surface area contributed by atoms with Crippen molar-refractivity contribution in [3.8, 4) is 0 Å². The molecule has 72 valence electrons. The molecule has 0 aliphatic carbocycles. The normalized spacial score (nSPS) is 25.8. The fourth-order valence-corrected chi connectivity index (χ4v) is 0.674. The number of ether oxygens (including phenoxy) is 2. The highest BCUT2D eigenvalue weighted by atomic mass is 19.4. The van der Waals surface area contributed by atoms with Crippen LogP contribution in [0.1, 0.15) is 0 Å². The van der Waals surface area contributed by atoms with E-state index in [-0.39, 0.29) is 0 Å². The van der Waals surface area contributed by atoms with Gasteiger partial charge >= 0.3 is 6.18 Å². The molecule has 0 spiro atoms. The topological polar surface area (TPSA) is 18.5 Å². The van der Waals surface area contributed by atoms with Crippen molar-refractivity contribution in [2.45, 2.75) is 18.4 Å². The van der Waals surface area contributed by atoms with E-state index in [0.717, 1.165) is 0 Å². The molecule has 1 saturated heterocycles. The van der Waals surface area contributed by atoms with Crippen LogP contribution in [0, 0.1) is 0 Å². The van der Waals surface area contributed by atoms with Crippen LogP contribution in [-0.4, -0.2) is 31.6 Å². The Labute approximate surface area is 64.2 Å². The summed E-state index contributed by atoms with van der Waals surface area (Å²) >= 11 is 0. The molecule has 12 heavy (non-hydrogen) atoms. The Morgan fingerprint density at radius 3 is 1.83 bits per heavy atom. The molecule has 0 saturated carbocycles. The summed E-state index contributed by atoms with van der Waals surface area (Å²) in [5, 5.41) is 0. The van der Waals surface area contributed by atoms with Crippen molar-refractivity contribution < 1.29 is 31.4 Å². The predicted octanol–water partition coefficient (Wildman–Crippen LogP) is 1.56. The highest BCUT2D eigenvalue weighted by molar-refractivity contribution is 4.72. The Kier molecular flexibility index (Phi) is 2.26. The first-order valence-electron chi connectivity index (χ1n) is 2.99.